The predicted octanol–water partition coefficient (Wildman–Crippen LogP) is 2.25. The molecule has 0 spiro atoms. The number of nitrogen functional groups attached to an aromatic ring is 1. The molecule has 106 valence electrons. The average molecular weight is 287 g/mol. The molecule has 1 heterocycles. The van der Waals surface area contributed by atoms with Crippen LogP contribution < -0.4 is 10.5 Å². The van der Waals surface area contributed by atoms with Crippen LogP contribution in [-0.2, 0) is 4.74 Å². The van der Waals surface area contributed by atoms with Crippen molar-refractivity contribution < 1.29 is 18.7 Å². The van der Waals surface area contributed by atoms with Gasteiger partial charge in [0.05, 0.1) is 12.7 Å². The van der Waals surface area contributed by atoms with E-state index < -0.39 is 11.8 Å². The van der Waals surface area contributed by atoms with Gasteiger partial charge in [0.15, 0.2) is 0 Å². The zero-order valence-corrected chi connectivity index (χ0v) is 11.0. The molecule has 0 aliphatic carbocycles. The number of nitriles is 1. The van der Waals surface area contributed by atoms with Crippen molar-refractivity contribution in [2.45, 2.75) is 0 Å². The lowest BCUT2D eigenvalue weighted by molar-refractivity contribution is 0.0601. The average Bonchev–Trinajstić information content (AvgIpc) is 2.49. The first-order valence-electron chi connectivity index (χ1n) is 5.77. The highest BCUT2D eigenvalue weighted by atomic mass is 19.1. The quantitative estimate of drug-likeness (QED) is 0.869. The summed E-state index contributed by atoms with van der Waals surface area (Å²) in [5.74, 6) is -1.53. The number of carbonyl (C=O) groups is 1. The fourth-order valence-electron chi connectivity index (χ4n) is 1.63. The van der Waals surface area contributed by atoms with Gasteiger partial charge >= 0.3 is 5.97 Å². The SMILES string of the molecule is COC(=O)c1ccnc(Oc2cccc(F)c2C#N)c1N. The van der Waals surface area contributed by atoms with Crippen molar-refractivity contribution in [3.05, 3.63) is 47.4 Å². The predicted molar refractivity (Wildman–Crippen MR) is 71.2 cm³/mol. The fourth-order valence-corrected chi connectivity index (χ4v) is 1.63. The van der Waals surface area contributed by atoms with Crippen molar-refractivity contribution in [3.8, 4) is 17.7 Å². The second-order valence-electron chi connectivity index (χ2n) is 3.90. The van der Waals surface area contributed by atoms with Crippen LogP contribution in [0.3, 0.4) is 0 Å². The first-order valence-corrected chi connectivity index (χ1v) is 5.77. The molecule has 21 heavy (non-hydrogen) atoms. The van der Waals surface area contributed by atoms with Gasteiger partial charge in [-0.2, -0.15) is 5.26 Å². The summed E-state index contributed by atoms with van der Waals surface area (Å²) in [6.45, 7) is 0. The first kappa shape index (κ1) is 14.3. The van der Waals surface area contributed by atoms with Gasteiger partial charge < -0.3 is 15.2 Å². The minimum absolute atomic E-state index is 0.0429. The summed E-state index contributed by atoms with van der Waals surface area (Å²) in [5.41, 5.74) is 5.51. The molecule has 0 atom stereocenters. The number of hydrogen-bond acceptors (Lipinski definition) is 6. The molecule has 2 aromatic rings. The Hall–Kier alpha value is -3.14. The summed E-state index contributed by atoms with van der Waals surface area (Å²) in [4.78, 5) is 15.4. The third-order valence-corrected chi connectivity index (χ3v) is 2.65. The Kier molecular flexibility index (Phi) is 4.00. The van der Waals surface area contributed by atoms with Gasteiger partial charge in [-0.1, -0.05) is 6.07 Å². The molecule has 0 radical (unpaired) electrons. The number of benzene rings is 1. The van der Waals surface area contributed by atoms with E-state index in [-0.39, 0.29) is 28.4 Å². The number of ether oxygens (including phenoxy) is 2. The van der Waals surface area contributed by atoms with Gasteiger partial charge in [0.2, 0.25) is 5.88 Å². The number of nitrogens with two attached hydrogens (primary N) is 1. The number of aromatic nitrogens is 1. The number of nitrogens with zero attached hydrogens (tertiary/aromatic N) is 2. The fraction of sp³-hybridized carbons (Fsp3) is 0.0714. The maximum Gasteiger partial charge on any atom is 0.340 e. The number of rotatable bonds is 3. The molecule has 0 amide bonds. The van der Waals surface area contributed by atoms with Crippen molar-refractivity contribution in [3.63, 3.8) is 0 Å². The lowest BCUT2D eigenvalue weighted by Gasteiger charge is -2.10. The Morgan fingerprint density at radius 2 is 2.19 bits per heavy atom. The summed E-state index contributed by atoms with van der Waals surface area (Å²) in [6, 6.07) is 6.97. The van der Waals surface area contributed by atoms with Crippen LogP contribution in [0, 0.1) is 17.1 Å². The summed E-state index contributed by atoms with van der Waals surface area (Å²) < 4.78 is 23.4. The topological polar surface area (TPSA) is 98.2 Å². The van der Waals surface area contributed by atoms with E-state index in [1.165, 1.54) is 31.5 Å². The van der Waals surface area contributed by atoms with E-state index in [0.29, 0.717) is 0 Å². The lowest BCUT2D eigenvalue weighted by Crippen LogP contribution is -2.08. The smallest absolute Gasteiger partial charge is 0.340 e. The zero-order chi connectivity index (χ0) is 15.4. The summed E-state index contributed by atoms with van der Waals surface area (Å²) in [5, 5.41) is 8.93. The molecular weight excluding hydrogens is 277 g/mol. The van der Waals surface area contributed by atoms with Gasteiger partial charge in [-0.05, 0) is 18.2 Å². The van der Waals surface area contributed by atoms with E-state index >= 15 is 0 Å². The molecule has 2 N–H and O–H groups in total. The zero-order valence-electron chi connectivity index (χ0n) is 11.0. The van der Waals surface area contributed by atoms with E-state index in [0.717, 1.165) is 6.07 Å². The van der Waals surface area contributed by atoms with Crippen molar-refractivity contribution in [2.75, 3.05) is 12.8 Å². The van der Waals surface area contributed by atoms with E-state index in [1.54, 1.807) is 6.07 Å². The molecule has 7 heteroatoms. The molecular formula is C14H10FN3O3. The standard InChI is InChI=1S/C14H10FN3O3/c1-20-14(19)8-5-6-18-13(12(8)17)21-11-4-2-3-10(15)9(11)7-16/h2-6H,17H2,1H3. The van der Waals surface area contributed by atoms with Crippen LogP contribution in [0.5, 0.6) is 11.6 Å². The van der Waals surface area contributed by atoms with Gasteiger partial charge in [-0.25, -0.2) is 14.2 Å². The Balaban J connectivity index is 2.44. The van der Waals surface area contributed by atoms with Crippen LogP contribution in [-0.4, -0.2) is 18.1 Å². The van der Waals surface area contributed by atoms with Crippen LogP contribution in [0.1, 0.15) is 15.9 Å². The third kappa shape index (κ3) is 2.74. The van der Waals surface area contributed by atoms with Crippen molar-refractivity contribution >= 4 is 11.7 Å². The summed E-state index contributed by atoms with van der Waals surface area (Å²) in [7, 11) is 1.21. The second kappa shape index (κ2) is 5.88. The van der Waals surface area contributed by atoms with Gasteiger partial charge in [-0.3, -0.25) is 0 Å². The Morgan fingerprint density at radius 3 is 2.86 bits per heavy atom. The highest BCUT2D eigenvalue weighted by Gasteiger charge is 2.17. The van der Waals surface area contributed by atoms with Crippen LogP contribution in [0.15, 0.2) is 30.5 Å². The number of carbonyl (C=O) groups excluding carboxylic acids is 1. The first-order chi connectivity index (χ1) is 10.1. The van der Waals surface area contributed by atoms with Gasteiger partial charge in [0.1, 0.15) is 28.9 Å². The van der Waals surface area contributed by atoms with Crippen molar-refractivity contribution in [1.82, 2.24) is 4.98 Å². The number of halogens is 1. The largest absolute Gasteiger partial charge is 0.465 e. The molecule has 2 rings (SSSR count). The summed E-state index contributed by atoms with van der Waals surface area (Å²) in [6.07, 6.45) is 1.29. The second-order valence-corrected chi connectivity index (χ2v) is 3.90. The molecule has 0 saturated heterocycles. The molecule has 6 nitrogen and oxygen atoms in total. The highest BCUT2D eigenvalue weighted by Crippen LogP contribution is 2.30. The maximum atomic E-state index is 13.5. The molecule has 0 saturated carbocycles. The Bertz CT molecular complexity index is 741. The molecule has 0 fully saturated rings. The summed E-state index contributed by atoms with van der Waals surface area (Å²) >= 11 is 0. The number of esters is 1. The van der Waals surface area contributed by atoms with Crippen molar-refractivity contribution in [1.29, 1.82) is 5.26 Å². The molecule has 0 bridgehead atoms. The number of hydrogen-bond donors (Lipinski definition) is 1. The Morgan fingerprint density at radius 1 is 1.43 bits per heavy atom. The Labute approximate surface area is 119 Å². The van der Waals surface area contributed by atoms with Gasteiger partial charge in [-0.15, -0.1) is 0 Å². The normalized spacial score (nSPS) is 9.76. The minimum atomic E-state index is -0.724. The van der Waals surface area contributed by atoms with Crippen LogP contribution in [0.2, 0.25) is 0 Å². The van der Waals surface area contributed by atoms with Crippen molar-refractivity contribution in [2.24, 2.45) is 0 Å². The highest BCUT2D eigenvalue weighted by molar-refractivity contribution is 5.96. The number of pyridine rings is 1. The molecule has 1 aromatic carbocycles. The minimum Gasteiger partial charge on any atom is -0.465 e. The van der Waals surface area contributed by atoms with E-state index in [2.05, 4.69) is 9.72 Å². The van der Waals surface area contributed by atoms with Gasteiger partial charge in [0.25, 0.3) is 0 Å². The number of methoxy groups -OCH3 is 1. The van der Waals surface area contributed by atoms with E-state index in [1.807, 2.05) is 0 Å². The molecule has 1 aromatic heterocycles. The third-order valence-electron chi connectivity index (χ3n) is 2.65. The van der Waals surface area contributed by atoms with E-state index in [9.17, 15) is 9.18 Å². The molecule has 0 unspecified atom stereocenters. The van der Waals surface area contributed by atoms with Crippen LogP contribution in [0.4, 0.5) is 10.1 Å². The number of anilines is 1. The monoisotopic (exact) mass is 287 g/mol. The maximum absolute atomic E-state index is 13.5. The van der Waals surface area contributed by atoms with Gasteiger partial charge in [0, 0.05) is 6.20 Å². The molecule has 0 aliphatic heterocycles. The lowest BCUT2D eigenvalue weighted by atomic mass is 10.2. The molecule has 0 aliphatic rings. The van der Waals surface area contributed by atoms with Crippen LogP contribution >= 0.6 is 0 Å². The van der Waals surface area contributed by atoms with E-state index in [4.69, 9.17) is 15.7 Å². The van der Waals surface area contributed by atoms with Crippen LogP contribution in [0.25, 0.3) is 0 Å².